The van der Waals surface area contributed by atoms with Gasteiger partial charge in [-0.1, -0.05) is 41.0 Å². The molecular weight excluding hydrogens is 445 g/mol. The molecule has 4 rings (SSSR count). The Balaban J connectivity index is 1.48. The Morgan fingerprint density at radius 2 is 2.03 bits per heavy atom. The zero-order chi connectivity index (χ0) is 21.1. The Bertz CT molecular complexity index is 1190. The van der Waals surface area contributed by atoms with E-state index in [2.05, 4.69) is 25.6 Å². The van der Waals surface area contributed by atoms with Crippen LogP contribution in [0.5, 0.6) is 0 Å². The van der Waals surface area contributed by atoms with Gasteiger partial charge in [0.1, 0.15) is 19.0 Å². The molecule has 2 aromatic carbocycles. The molecule has 0 saturated heterocycles. The Morgan fingerprint density at radius 1 is 1.17 bits per heavy atom. The van der Waals surface area contributed by atoms with Crippen LogP contribution in [0.4, 0.5) is 5.69 Å². The molecule has 0 bridgehead atoms. The van der Waals surface area contributed by atoms with Crippen molar-refractivity contribution in [2.75, 3.05) is 11.1 Å². The second-order valence-electron chi connectivity index (χ2n) is 6.26. The van der Waals surface area contributed by atoms with E-state index in [0.717, 1.165) is 11.3 Å². The van der Waals surface area contributed by atoms with Crippen LogP contribution in [0.1, 0.15) is 5.56 Å². The Hall–Kier alpha value is -2.88. The number of nitrogens with zero attached hydrogens (tertiary/aromatic N) is 6. The molecule has 4 aromatic rings. The van der Waals surface area contributed by atoms with Crippen LogP contribution < -0.4 is 5.32 Å². The van der Waals surface area contributed by atoms with Crippen molar-refractivity contribution in [3.8, 4) is 11.4 Å². The van der Waals surface area contributed by atoms with Gasteiger partial charge in [-0.05, 0) is 42.8 Å². The number of anilines is 1. The molecule has 1 amide bonds. The summed E-state index contributed by atoms with van der Waals surface area (Å²) in [6, 6.07) is 10.8. The van der Waals surface area contributed by atoms with Crippen LogP contribution in [0, 0.1) is 6.92 Å². The monoisotopic (exact) mass is 459 g/mol. The van der Waals surface area contributed by atoms with Crippen LogP contribution in [0.25, 0.3) is 11.4 Å². The summed E-state index contributed by atoms with van der Waals surface area (Å²) in [4.78, 5) is 16.5. The average Bonchev–Trinajstić information content (AvgIpc) is 3.41. The minimum atomic E-state index is -0.222. The fourth-order valence-corrected chi connectivity index (χ4v) is 3.76. The third-order valence-electron chi connectivity index (χ3n) is 4.18. The lowest BCUT2D eigenvalue weighted by molar-refractivity contribution is -0.113. The van der Waals surface area contributed by atoms with Crippen molar-refractivity contribution in [3.63, 3.8) is 0 Å². The van der Waals surface area contributed by atoms with E-state index in [1.807, 2.05) is 25.1 Å². The first-order chi connectivity index (χ1) is 14.5. The zero-order valence-corrected chi connectivity index (χ0v) is 18.0. The quantitative estimate of drug-likeness (QED) is 0.434. The lowest BCUT2D eigenvalue weighted by atomic mass is 10.2. The summed E-state index contributed by atoms with van der Waals surface area (Å²) in [5, 5.41) is 16.8. The van der Waals surface area contributed by atoms with Crippen molar-refractivity contribution in [3.05, 3.63) is 71.0 Å². The van der Waals surface area contributed by atoms with Crippen LogP contribution in [0.3, 0.4) is 0 Å². The van der Waals surface area contributed by atoms with E-state index in [-0.39, 0.29) is 11.7 Å². The van der Waals surface area contributed by atoms with E-state index < -0.39 is 0 Å². The number of hydrogen-bond donors (Lipinski definition) is 1. The summed E-state index contributed by atoms with van der Waals surface area (Å²) in [6.07, 6.45) is 4.55. The lowest BCUT2D eigenvalue weighted by Crippen LogP contribution is -2.16. The van der Waals surface area contributed by atoms with Gasteiger partial charge in [0.05, 0.1) is 22.8 Å². The molecule has 0 aliphatic heterocycles. The summed E-state index contributed by atoms with van der Waals surface area (Å²) in [5.41, 5.74) is 2.99. The third kappa shape index (κ3) is 4.48. The second kappa shape index (κ2) is 8.86. The summed E-state index contributed by atoms with van der Waals surface area (Å²) in [6.45, 7) is 1.93. The van der Waals surface area contributed by atoms with Gasteiger partial charge in [-0.3, -0.25) is 9.36 Å². The number of rotatable bonds is 6. The second-order valence-corrected chi connectivity index (χ2v) is 8.04. The highest BCUT2D eigenvalue weighted by Crippen LogP contribution is 2.26. The van der Waals surface area contributed by atoms with Crippen molar-refractivity contribution in [2.45, 2.75) is 12.1 Å². The van der Waals surface area contributed by atoms with Crippen molar-refractivity contribution in [1.82, 2.24) is 29.5 Å². The molecule has 11 heteroatoms. The van der Waals surface area contributed by atoms with Gasteiger partial charge < -0.3 is 5.32 Å². The minimum Gasteiger partial charge on any atom is -0.323 e. The number of halogens is 2. The molecule has 0 spiro atoms. The van der Waals surface area contributed by atoms with Crippen LogP contribution in [-0.4, -0.2) is 41.2 Å². The molecule has 8 nitrogen and oxygen atoms in total. The maximum atomic E-state index is 12.6. The molecule has 0 radical (unpaired) electrons. The molecule has 152 valence electrons. The Morgan fingerprint density at radius 3 is 2.80 bits per heavy atom. The number of nitrogens with one attached hydrogen (secondary N) is 1. The summed E-state index contributed by atoms with van der Waals surface area (Å²) in [7, 11) is 0. The number of aryl methyl sites for hydroxylation is 1. The molecule has 2 heterocycles. The van der Waals surface area contributed by atoms with Crippen molar-refractivity contribution in [2.24, 2.45) is 0 Å². The van der Waals surface area contributed by atoms with Crippen LogP contribution in [0.15, 0.2) is 60.5 Å². The maximum absolute atomic E-state index is 12.6. The van der Waals surface area contributed by atoms with Gasteiger partial charge in [-0.15, -0.1) is 10.2 Å². The van der Waals surface area contributed by atoms with Gasteiger partial charge in [0.2, 0.25) is 5.91 Å². The summed E-state index contributed by atoms with van der Waals surface area (Å²) >= 11 is 13.6. The Kier molecular flexibility index (Phi) is 6.03. The number of carbonyl (C=O) groups is 1. The van der Waals surface area contributed by atoms with E-state index in [0.29, 0.717) is 26.6 Å². The molecule has 0 unspecified atom stereocenters. The van der Waals surface area contributed by atoms with Crippen LogP contribution >= 0.6 is 35.0 Å². The van der Waals surface area contributed by atoms with Crippen LogP contribution in [0.2, 0.25) is 10.0 Å². The van der Waals surface area contributed by atoms with E-state index in [1.54, 1.807) is 40.1 Å². The molecule has 1 N–H and O–H groups in total. The highest BCUT2D eigenvalue weighted by molar-refractivity contribution is 7.99. The molecule has 2 aromatic heterocycles. The van der Waals surface area contributed by atoms with Gasteiger partial charge >= 0.3 is 0 Å². The number of amides is 1. The molecule has 30 heavy (non-hydrogen) atoms. The maximum Gasteiger partial charge on any atom is 0.234 e. The first kappa shape index (κ1) is 20.4. The van der Waals surface area contributed by atoms with Gasteiger partial charge in [0, 0.05) is 10.0 Å². The summed E-state index contributed by atoms with van der Waals surface area (Å²) in [5.74, 6) is -0.0955. The lowest BCUT2D eigenvalue weighted by Gasteiger charge is -2.11. The molecule has 0 atom stereocenters. The van der Waals surface area contributed by atoms with E-state index in [9.17, 15) is 4.79 Å². The van der Waals surface area contributed by atoms with E-state index in [1.165, 1.54) is 18.1 Å². The number of hydrogen-bond acceptors (Lipinski definition) is 6. The first-order valence-electron chi connectivity index (χ1n) is 8.75. The number of thioether (sulfide) groups is 1. The normalized spacial score (nSPS) is 10.9. The Labute approximate surface area is 186 Å². The van der Waals surface area contributed by atoms with Crippen LogP contribution in [-0.2, 0) is 4.79 Å². The predicted octanol–water partition coefficient (Wildman–Crippen LogP) is 4.19. The highest BCUT2D eigenvalue weighted by atomic mass is 35.5. The minimum absolute atomic E-state index is 0.127. The third-order valence-corrected chi connectivity index (χ3v) is 5.77. The topological polar surface area (TPSA) is 90.5 Å². The van der Waals surface area contributed by atoms with E-state index >= 15 is 0 Å². The number of benzene rings is 2. The fourth-order valence-electron chi connectivity index (χ4n) is 2.69. The average molecular weight is 460 g/mol. The predicted molar refractivity (Wildman–Crippen MR) is 117 cm³/mol. The first-order valence-corrected chi connectivity index (χ1v) is 10.5. The molecule has 0 aliphatic carbocycles. The fraction of sp³-hybridized carbons (Fsp3) is 0.105. The number of aromatic nitrogens is 6. The molecule has 0 aliphatic rings. The van der Waals surface area contributed by atoms with Gasteiger partial charge in [-0.2, -0.15) is 5.10 Å². The highest BCUT2D eigenvalue weighted by Gasteiger charge is 2.14. The molecule has 0 saturated carbocycles. The standard InChI is InChI=1S/C19H15Cl2N7OS/c1-12-2-4-14(7-15(12)21)27-11-23-26-19(27)30-8-18(29)25-16-6-13(20)3-5-17(16)28-10-22-9-24-28/h2-7,9-11H,8H2,1H3,(H,25,29). The van der Waals surface area contributed by atoms with Crippen molar-refractivity contribution in [1.29, 1.82) is 0 Å². The van der Waals surface area contributed by atoms with Gasteiger partial charge in [-0.25, -0.2) is 9.67 Å². The number of carbonyl (C=O) groups excluding carboxylic acids is 1. The molecule has 0 fully saturated rings. The SMILES string of the molecule is Cc1ccc(-n2cnnc2SCC(=O)Nc2cc(Cl)ccc2-n2cncn2)cc1Cl. The largest absolute Gasteiger partial charge is 0.323 e. The zero-order valence-electron chi connectivity index (χ0n) is 15.7. The molecular formula is C19H15Cl2N7OS. The van der Waals surface area contributed by atoms with Crippen molar-refractivity contribution < 1.29 is 4.79 Å². The van der Waals surface area contributed by atoms with Gasteiger partial charge in [0.25, 0.3) is 0 Å². The van der Waals surface area contributed by atoms with E-state index in [4.69, 9.17) is 23.2 Å². The van der Waals surface area contributed by atoms with Gasteiger partial charge in [0.15, 0.2) is 5.16 Å². The summed E-state index contributed by atoms with van der Waals surface area (Å²) < 4.78 is 3.33. The smallest absolute Gasteiger partial charge is 0.234 e. The van der Waals surface area contributed by atoms with Crippen molar-refractivity contribution >= 4 is 46.6 Å².